The first kappa shape index (κ1) is 16.2. The molecule has 1 aromatic carbocycles. The van der Waals surface area contributed by atoms with Gasteiger partial charge in [0.15, 0.2) is 0 Å². The lowest BCUT2D eigenvalue weighted by molar-refractivity contribution is -0.127. The molecule has 0 unspecified atom stereocenters. The van der Waals surface area contributed by atoms with Gasteiger partial charge in [0.05, 0.1) is 6.42 Å². The summed E-state index contributed by atoms with van der Waals surface area (Å²) in [6, 6.07) is 9.68. The highest BCUT2D eigenvalue weighted by molar-refractivity contribution is 6.01. The van der Waals surface area contributed by atoms with Gasteiger partial charge in [0.25, 0.3) is 0 Å². The van der Waals surface area contributed by atoms with Gasteiger partial charge >= 0.3 is 0 Å². The number of allylic oxidation sites excluding steroid dienone is 1. The second-order valence-electron chi connectivity index (χ2n) is 5.11. The molecule has 3 heteroatoms. The SMILES string of the molecule is CCCCC(=O)CC(=O)NC(=C(C)C)c1ccccc1. The number of rotatable bonds is 7. The monoisotopic (exact) mass is 273 g/mol. The van der Waals surface area contributed by atoms with Crippen molar-refractivity contribution in [1.29, 1.82) is 0 Å². The number of ketones is 1. The number of hydrogen-bond donors (Lipinski definition) is 1. The second-order valence-corrected chi connectivity index (χ2v) is 5.11. The van der Waals surface area contributed by atoms with Crippen molar-refractivity contribution in [2.75, 3.05) is 0 Å². The fourth-order valence-electron chi connectivity index (χ4n) is 1.92. The standard InChI is InChI=1S/C17H23NO2/c1-4-5-11-15(19)12-16(20)18-17(13(2)3)14-9-7-6-8-10-14/h6-10H,4-5,11-12H2,1-3H3,(H,18,20). The van der Waals surface area contributed by atoms with E-state index in [1.165, 1.54) is 0 Å². The molecule has 0 spiro atoms. The molecule has 0 heterocycles. The first-order valence-corrected chi connectivity index (χ1v) is 7.09. The maximum Gasteiger partial charge on any atom is 0.231 e. The zero-order chi connectivity index (χ0) is 15.0. The summed E-state index contributed by atoms with van der Waals surface area (Å²) in [5.41, 5.74) is 2.77. The third-order valence-corrected chi connectivity index (χ3v) is 2.99. The second kappa shape index (κ2) is 8.31. The number of hydrogen-bond acceptors (Lipinski definition) is 2. The fraction of sp³-hybridized carbons (Fsp3) is 0.412. The molecule has 0 fully saturated rings. The van der Waals surface area contributed by atoms with Crippen molar-refractivity contribution >= 4 is 17.4 Å². The maximum absolute atomic E-state index is 11.9. The zero-order valence-corrected chi connectivity index (χ0v) is 12.5. The lowest BCUT2D eigenvalue weighted by Gasteiger charge is -2.12. The number of benzene rings is 1. The van der Waals surface area contributed by atoms with Gasteiger partial charge in [-0.05, 0) is 25.8 Å². The van der Waals surface area contributed by atoms with E-state index in [1.54, 1.807) is 0 Å². The average Bonchev–Trinajstić information content (AvgIpc) is 2.43. The summed E-state index contributed by atoms with van der Waals surface area (Å²) in [6.45, 7) is 5.92. The Bertz CT molecular complexity index is 485. The molecule has 108 valence electrons. The summed E-state index contributed by atoms with van der Waals surface area (Å²) in [5.74, 6) is -0.225. The van der Waals surface area contributed by atoms with Crippen LogP contribution in [0.2, 0.25) is 0 Å². The molecule has 1 N–H and O–H groups in total. The Morgan fingerprint density at radius 2 is 1.75 bits per heavy atom. The van der Waals surface area contributed by atoms with Crippen LogP contribution in [0.1, 0.15) is 52.0 Å². The Kier molecular flexibility index (Phi) is 6.71. The van der Waals surface area contributed by atoms with Crippen LogP contribution in [0, 0.1) is 0 Å². The highest BCUT2D eigenvalue weighted by atomic mass is 16.2. The van der Waals surface area contributed by atoms with E-state index >= 15 is 0 Å². The Labute approximate surface area is 121 Å². The van der Waals surface area contributed by atoms with Gasteiger partial charge in [-0.15, -0.1) is 0 Å². The predicted molar refractivity (Wildman–Crippen MR) is 82.0 cm³/mol. The van der Waals surface area contributed by atoms with Gasteiger partial charge in [0, 0.05) is 12.1 Å². The molecule has 0 bridgehead atoms. The molecule has 1 rings (SSSR count). The van der Waals surface area contributed by atoms with Crippen LogP contribution in [0.4, 0.5) is 0 Å². The Balaban J connectivity index is 2.67. The molecule has 0 aliphatic heterocycles. The van der Waals surface area contributed by atoms with Crippen LogP contribution in [0.3, 0.4) is 0 Å². The van der Waals surface area contributed by atoms with Crippen LogP contribution < -0.4 is 5.32 Å². The van der Waals surface area contributed by atoms with Gasteiger partial charge in [-0.1, -0.05) is 49.2 Å². The van der Waals surface area contributed by atoms with Gasteiger partial charge in [0.2, 0.25) is 5.91 Å². The minimum atomic E-state index is -0.230. The van der Waals surface area contributed by atoms with Crippen molar-refractivity contribution in [3.63, 3.8) is 0 Å². The molecule has 1 amide bonds. The van der Waals surface area contributed by atoms with Crippen LogP contribution in [0.15, 0.2) is 35.9 Å². The average molecular weight is 273 g/mol. The third kappa shape index (κ3) is 5.39. The summed E-state index contributed by atoms with van der Waals surface area (Å²) < 4.78 is 0. The maximum atomic E-state index is 11.9. The lowest BCUT2D eigenvalue weighted by atomic mass is 10.1. The van der Waals surface area contributed by atoms with E-state index in [-0.39, 0.29) is 18.1 Å². The van der Waals surface area contributed by atoms with Crippen LogP contribution >= 0.6 is 0 Å². The first-order chi connectivity index (χ1) is 9.54. The smallest absolute Gasteiger partial charge is 0.231 e. The molecule has 0 aliphatic rings. The van der Waals surface area contributed by atoms with Gasteiger partial charge in [0.1, 0.15) is 5.78 Å². The molecule has 0 radical (unpaired) electrons. The number of Topliss-reactive ketones (excluding diaryl/α,β-unsaturated/α-hetero) is 1. The Morgan fingerprint density at radius 3 is 2.30 bits per heavy atom. The van der Waals surface area contributed by atoms with Crippen LogP contribution in [-0.4, -0.2) is 11.7 Å². The van der Waals surface area contributed by atoms with Crippen molar-refractivity contribution in [1.82, 2.24) is 5.32 Å². The summed E-state index contributed by atoms with van der Waals surface area (Å²) in [5, 5.41) is 2.86. The summed E-state index contributed by atoms with van der Waals surface area (Å²) in [4.78, 5) is 23.6. The van der Waals surface area contributed by atoms with E-state index < -0.39 is 0 Å². The Morgan fingerprint density at radius 1 is 1.10 bits per heavy atom. The molecule has 0 saturated heterocycles. The van der Waals surface area contributed by atoms with Gasteiger partial charge in [-0.3, -0.25) is 9.59 Å². The molecule has 3 nitrogen and oxygen atoms in total. The summed E-state index contributed by atoms with van der Waals surface area (Å²) in [7, 11) is 0. The quantitative estimate of drug-likeness (QED) is 0.770. The normalized spacial score (nSPS) is 9.95. The number of unbranched alkanes of at least 4 members (excludes halogenated alkanes) is 1. The number of carbonyl (C=O) groups is 2. The third-order valence-electron chi connectivity index (χ3n) is 2.99. The van der Waals surface area contributed by atoms with Crippen LogP contribution in [0.25, 0.3) is 5.70 Å². The fourth-order valence-corrected chi connectivity index (χ4v) is 1.92. The van der Waals surface area contributed by atoms with Crippen molar-refractivity contribution in [3.8, 4) is 0 Å². The summed E-state index contributed by atoms with van der Waals surface area (Å²) in [6.07, 6.45) is 2.26. The van der Waals surface area contributed by atoms with E-state index in [4.69, 9.17) is 0 Å². The van der Waals surface area contributed by atoms with E-state index in [0.717, 1.165) is 29.7 Å². The summed E-state index contributed by atoms with van der Waals surface area (Å²) >= 11 is 0. The van der Waals surface area contributed by atoms with E-state index in [1.807, 2.05) is 51.1 Å². The predicted octanol–water partition coefficient (Wildman–Crippen LogP) is 3.70. The van der Waals surface area contributed by atoms with Crippen molar-refractivity contribution < 1.29 is 9.59 Å². The van der Waals surface area contributed by atoms with E-state index in [9.17, 15) is 9.59 Å². The molecule has 0 aromatic heterocycles. The van der Waals surface area contributed by atoms with Gasteiger partial charge in [-0.25, -0.2) is 0 Å². The molecule has 20 heavy (non-hydrogen) atoms. The topological polar surface area (TPSA) is 46.2 Å². The minimum Gasteiger partial charge on any atom is -0.325 e. The first-order valence-electron chi connectivity index (χ1n) is 7.09. The van der Waals surface area contributed by atoms with Gasteiger partial charge < -0.3 is 5.32 Å². The minimum absolute atomic E-state index is 0.00511. The Hall–Kier alpha value is -1.90. The number of carbonyl (C=O) groups excluding carboxylic acids is 2. The molecular weight excluding hydrogens is 250 g/mol. The van der Waals surface area contributed by atoms with Crippen molar-refractivity contribution in [3.05, 3.63) is 41.5 Å². The molecule has 0 atom stereocenters. The highest BCUT2D eigenvalue weighted by Crippen LogP contribution is 2.15. The lowest BCUT2D eigenvalue weighted by Crippen LogP contribution is -2.25. The number of nitrogens with one attached hydrogen (secondary N) is 1. The van der Waals surface area contributed by atoms with Crippen LogP contribution in [-0.2, 0) is 9.59 Å². The molecule has 1 aromatic rings. The number of amides is 1. The van der Waals surface area contributed by atoms with E-state index in [2.05, 4.69) is 5.32 Å². The largest absolute Gasteiger partial charge is 0.325 e. The molecule has 0 saturated carbocycles. The zero-order valence-electron chi connectivity index (χ0n) is 12.5. The highest BCUT2D eigenvalue weighted by Gasteiger charge is 2.12. The molecule has 0 aliphatic carbocycles. The van der Waals surface area contributed by atoms with Crippen molar-refractivity contribution in [2.24, 2.45) is 0 Å². The van der Waals surface area contributed by atoms with Gasteiger partial charge in [-0.2, -0.15) is 0 Å². The molecular formula is C17H23NO2. The van der Waals surface area contributed by atoms with Crippen LogP contribution in [0.5, 0.6) is 0 Å². The van der Waals surface area contributed by atoms with Crippen molar-refractivity contribution in [2.45, 2.75) is 46.5 Å². The van der Waals surface area contributed by atoms with E-state index in [0.29, 0.717) is 6.42 Å².